The van der Waals surface area contributed by atoms with E-state index >= 15 is 0 Å². The normalized spacial score (nSPS) is 11.3. The second kappa shape index (κ2) is 8.98. The average molecular weight is 412 g/mol. The molecule has 1 aromatic heterocycles. The lowest BCUT2D eigenvalue weighted by molar-refractivity contribution is 0.405. The van der Waals surface area contributed by atoms with E-state index in [1.807, 2.05) is 18.2 Å². The van der Waals surface area contributed by atoms with E-state index in [2.05, 4.69) is 11.1 Å². The molecule has 0 spiro atoms. The summed E-state index contributed by atoms with van der Waals surface area (Å²) in [5.41, 5.74) is 2.19. The zero-order chi connectivity index (χ0) is 20.0. The van der Waals surface area contributed by atoms with Gasteiger partial charge < -0.3 is 0 Å². The number of benzene rings is 2. The minimum Gasteiger partial charge on any atom is -0.260 e. The third kappa shape index (κ3) is 4.96. The van der Waals surface area contributed by atoms with Gasteiger partial charge in [0.1, 0.15) is 0 Å². The zero-order valence-electron chi connectivity index (χ0n) is 15.0. The molecular formula is C21H18ClN3O2S. The molecule has 0 N–H and O–H groups in total. The predicted molar refractivity (Wildman–Crippen MR) is 108 cm³/mol. The number of halogens is 1. The average Bonchev–Trinajstić information content (AvgIpc) is 2.72. The van der Waals surface area contributed by atoms with Gasteiger partial charge >= 0.3 is 0 Å². The highest BCUT2D eigenvalue weighted by atomic mass is 35.5. The fourth-order valence-corrected chi connectivity index (χ4v) is 4.25. The Morgan fingerprint density at radius 1 is 1.00 bits per heavy atom. The van der Waals surface area contributed by atoms with Crippen LogP contribution in [-0.2, 0) is 23.0 Å². The molecule has 3 rings (SSSR count). The van der Waals surface area contributed by atoms with Crippen LogP contribution in [0.2, 0.25) is 5.02 Å². The standard InChI is InChI=1S/C21H18ClN3O2S/c22-19-8-10-21(11-9-19)28(26,27)25(16-20-3-1-2-13-24-20)14-12-17-4-6-18(15-23)7-5-17/h1-11,13H,12,14,16H2. The number of sulfonamides is 1. The summed E-state index contributed by atoms with van der Waals surface area (Å²) in [5.74, 6) is 0. The third-order valence-corrected chi connectivity index (χ3v) is 6.36. The molecule has 5 nitrogen and oxygen atoms in total. The van der Waals surface area contributed by atoms with Crippen molar-refractivity contribution < 1.29 is 8.42 Å². The second-order valence-electron chi connectivity index (χ2n) is 6.17. The number of nitriles is 1. The molecule has 2 aromatic carbocycles. The van der Waals surface area contributed by atoms with Gasteiger partial charge in [0.25, 0.3) is 0 Å². The molecule has 0 fully saturated rings. The highest BCUT2D eigenvalue weighted by Crippen LogP contribution is 2.21. The summed E-state index contributed by atoms with van der Waals surface area (Å²) in [6, 6.07) is 20.8. The van der Waals surface area contributed by atoms with Crippen LogP contribution in [0, 0.1) is 11.3 Å². The van der Waals surface area contributed by atoms with Crippen molar-refractivity contribution in [2.45, 2.75) is 17.9 Å². The predicted octanol–water partition coefficient (Wildman–Crippen LogP) is 4.04. The van der Waals surface area contributed by atoms with Gasteiger partial charge in [-0.25, -0.2) is 8.42 Å². The number of aromatic nitrogens is 1. The molecule has 0 bridgehead atoms. The maximum Gasteiger partial charge on any atom is 0.243 e. The van der Waals surface area contributed by atoms with Crippen LogP contribution >= 0.6 is 11.6 Å². The number of nitrogens with zero attached hydrogens (tertiary/aromatic N) is 3. The first-order valence-electron chi connectivity index (χ1n) is 8.64. The molecule has 142 valence electrons. The molecule has 0 aliphatic heterocycles. The lowest BCUT2D eigenvalue weighted by atomic mass is 10.1. The van der Waals surface area contributed by atoms with Crippen molar-refractivity contribution in [3.8, 4) is 6.07 Å². The van der Waals surface area contributed by atoms with Crippen molar-refractivity contribution in [1.82, 2.24) is 9.29 Å². The highest BCUT2D eigenvalue weighted by Gasteiger charge is 2.25. The minimum absolute atomic E-state index is 0.169. The number of rotatable bonds is 7. The van der Waals surface area contributed by atoms with E-state index in [0.717, 1.165) is 5.56 Å². The van der Waals surface area contributed by atoms with Crippen molar-refractivity contribution >= 4 is 21.6 Å². The highest BCUT2D eigenvalue weighted by molar-refractivity contribution is 7.89. The van der Waals surface area contributed by atoms with E-state index in [0.29, 0.717) is 22.7 Å². The van der Waals surface area contributed by atoms with Crippen LogP contribution in [0.4, 0.5) is 0 Å². The number of hydrogen-bond acceptors (Lipinski definition) is 4. The van der Waals surface area contributed by atoms with Crippen LogP contribution in [0.3, 0.4) is 0 Å². The van der Waals surface area contributed by atoms with Gasteiger partial charge in [-0.3, -0.25) is 4.98 Å². The van der Waals surface area contributed by atoms with Gasteiger partial charge in [0, 0.05) is 17.8 Å². The van der Waals surface area contributed by atoms with Gasteiger partial charge in [-0.1, -0.05) is 29.8 Å². The molecule has 28 heavy (non-hydrogen) atoms. The number of hydrogen-bond donors (Lipinski definition) is 0. The Balaban J connectivity index is 1.85. The molecule has 3 aromatic rings. The Morgan fingerprint density at radius 3 is 2.32 bits per heavy atom. The molecule has 0 saturated carbocycles. The summed E-state index contributed by atoms with van der Waals surface area (Å²) in [4.78, 5) is 4.44. The molecule has 0 radical (unpaired) electrons. The van der Waals surface area contributed by atoms with Crippen LogP contribution in [0.1, 0.15) is 16.8 Å². The van der Waals surface area contributed by atoms with E-state index in [9.17, 15) is 8.42 Å². The molecule has 0 aliphatic carbocycles. The maximum atomic E-state index is 13.2. The summed E-state index contributed by atoms with van der Waals surface area (Å²) in [7, 11) is -3.72. The van der Waals surface area contributed by atoms with Gasteiger partial charge in [-0.2, -0.15) is 9.57 Å². The van der Waals surface area contributed by atoms with Crippen molar-refractivity contribution in [3.63, 3.8) is 0 Å². The SMILES string of the molecule is N#Cc1ccc(CCN(Cc2ccccn2)S(=O)(=O)c2ccc(Cl)cc2)cc1. The molecule has 0 amide bonds. The Kier molecular flexibility index (Phi) is 6.42. The maximum absolute atomic E-state index is 13.2. The van der Waals surface area contributed by atoms with E-state index in [1.54, 1.807) is 42.6 Å². The van der Waals surface area contributed by atoms with E-state index in [1.165, 1.54) is 16.4 Å². The Labute approximate surface area is 169 Å². The smallest absolute Gasteiger partial charge is 0.243 e. The topological polar surface area (TPSA) is 74.1 Å². The Hall–Kier alpha value is -2.72. The summed E-state index contributed by atoms with van der Waals surface area (Å²) < 4.78 is 27.8. The van der Waals surface area contributed by atoms with Gasteiger partial charge in [0.2, 0.25) is 10.0 Å². The summed E-state index contributed by atoms with van der Waals surface area (Å²) >= 11 is 5.90. The van der Waals surface area contributed by atoms with Crippen LogP contribution in [0.5, 0.6) is 0 Å². The Morgan fingerprint density at radius 2 is 1.71 bits per heavy atom. The lowest BCUT2D eigenvalue weighted by Gasteiger charge is -2.22. The summed E-state index contributed by atoms with van der Waals surface area (Å²) in [5, 5.41) is 9.39. The van der Waals surface area contributed by atoms with E-state index in [4.69, 9.17) is 16.9 Å². The van der Waals surface area contributed by atoms with Gasteiger partial charge in [-0.05, 0) is 60.5 Å². The van der Waals surface area contributed by atoms with Gasteiger partial charge in [0.05, 0.1) is 28.8 Å². The fourth-order valence-electron chi connectivity index (χ4n) is 2.71. The van der Waals surface area contributed by atoms with Crippen LogP contribution in [0.15, 0.2) is 77.8 Å². The number of pyridine rings is 1. The second-order valence-corrected chi connectivity index (χ2v) is 8.55. The first-order valence-corrected chi connectivity index (χ1v) is 10.5. The Bertz CT molecular complexity index is 1060. The zero-order valence-corrected chi connectivity index (χ0v) is 16.6. The van der Waals surface area contributed by atoms with Crippen molar-refractivity contribution in [3.05, 3.63) is 94.8 Å². The summed E-state index contributed by atoms with van der Waals surface area (Å²) in [6.07, 6.45) is 2.16. The van der Waals surface area contributed by atoms with Crippen molar-refractivity contribution in [1.29, 1.82) is 5.26 Å². The van der Waals surface area contributed by atoms with E-state index < -0.39 is 10.0 Å². The quantitative estimate of drug-likeness (QED) is 0.588. The van der Waals surface area contributed by atoms with Crippen LogP contribution in [0.25, 0.3) is 0 Å². The minimum atomic E-state index is -3.72. The molecule has 1 heterocycles. The molecule has 0 saturated heterocycles. The van der Waals surface area contributed by atoms with Crippen LogP contribution in [-0.4, -0.2) is 24.3 Å². The van der Waals surface area contributed by atoms with Crippen LogP contribution < -0.4 is 0 Å². The molecular weight excluding hydrogens is 394 g/mol. The summed E-state index contributed by atoms with van der Waals surface area (Å²) in [6.45, 7) is 0.454. The van der Waals surface area contributed by atoms with Crippen molar-refractivity contribution in [2.24, 2.45) is 0 Å². The molecule has 0 atom stereocenters. The van der Waals surface area contributed by atoms with E-state index in [-0.39, 0.29) is 18.0 Å². The molecule has 7 heteroatoms. The molecule has 0 aliphatic rings. The molecule has 0 unspecified atom stereocenters. The monoisotopic (exact) mass is 411 g/mol. The third-order valence-electron chi connectivity index (χ3n) is 4.25. The first-order chi connectivity index (χ1) is 13.5. The van der Waals surface area contributed by atoms with Gasteiger partial charge in [-0.15, -0.1) is 0 Å². The first kappa shape index (κ1) is 20.0. The lowest BCUT2D eigenvalue weighted by Crippen LogP contribution is -2.33. The largest absolute Gasteiger partial charge is 0.260 e. The van der Waals surface area contributed by atoms with Gasteiger partial charge in [0.15, 0.2) is 0 Å². The fraction of sp³-hybridized carbons (Fsp3) is 0.143. The van der Waals surface area contributed by atoms with Crippen molar-refractivity contribution in [2.75, 3.05) is 6.54 Å².